The topological polar surface area (TPSA) is 43.3 Å². The van der Waals surface area contributed by atoms with E-state index in [1.54, 1.807) is 7.11 Å². The molecule has 0 saturated carbocycles. The van der Waals surface area contributed by atoms with Crippen molar-refractivity contribution < 1.29 is 9.53 Å². The number of rotatable bonds is 5. The molecule has 4 heteroatoms. The third-order valence-corrected chi connectivity index (χ3v) is 3.60. The summed E-state index contributed by atoms with van der Waals surface area (Å²) >= 11 is 0. The van der Waals surface area contributed by atoms with Gasteiger partial charge in [-0.05, 0) is 42.5 Å². The molecule has 1 heterocycles. The van der Waals surface area contributed by atoms with Crippen molar-refractivity contribution in [1.29, 1.82) is 0 Å². The molecule has 0 saturated heterocycles. The Bertz CT molecular complexity index is 777. The van der Waals surface area contributed by atoms with E-state index >= 15 is 0 Å². The predicted octanol–water partition coefficient (Wildman–Crippen LogP) is 3.67. The van der Waals surface area contributed by atoms with E-state index in [0.717, 1.165) is 22.7 Å². The first kappa shape index (κ1) is 14.9. The highest BCUT2D eigenvalue weighted by atomic mass is 16.5. The van der Waals surface area contributed by atoms with Crippen LogP contribution in [-0.2, 0) is 11.2 Å². The minimum Gasteiger partial charge on any atom is -0.496 e. The number of ether oxygens (including phenoxy) is 1. The summed E-state index contributed by atoms with van der Waals surface area (Å²) in [4.78, 5) is 12.2. The van der Waals surface area contributed by atoms with E-state index in [4.69, 9.17) is 4.74 Å². The number of hydrogen-bond acceptors (Lipinski definition) is 2. The van der Waals surface area contributed by atoms with Gasteiger partial charge in [0.25, 0.3) is 0 Å². The molecular weight excluding hydrogens is 288 g/mol. The van der Waals surface area contributed by atoms with Crippen molar-refractivity contribution in [2.75, 3.05) is 12.4 Å². The van der Waals surface area contributed by atoms with Gasteiger partial charge in [0.1, 0.15) is 5.75 Å². The van der Waals surface area contributed by atoms with Crippen molar-refractivity contribution >= 4 is 11.6 Å². The van der Waals surface area contributed by atoms with Gasteiger partial charge < -0.3 is 14.6 Å². The summed E-state index contributed by atoms with van der Waals surface area (Å²) in [5.41, 5.74) is 2.70. The van der Waals surface area contributed by atoms with Gasteiger partial charge >= 0.3 is 0 Å². The van der Waals surface area contributed by atoms with Crippen molar-refractivity contribution in [3.05, 3.63) is 78.6 Å². The lowest BCUT2D eigenvalue weighted by molar-refractivity contribution is -0.115. The quantitative estimate of drug-likeness (QED) is 0.781. The molecule has 4 nitrogen and oxygen atoms in total. The van der Waals surface area contributed by atoms with E-state index < -0.39 is 0 Å². The van der Waals surface area contributed by atoms with Crippen molar-refractivity contribution in [2.45, 2.75) is 6.42 Å². The van der Waals surface area contributed by atoms with Crippen LogP contribution in [0.4, 0.5) is 5.69 Å². The van der Waals surface area contributed by atoms with Gasteiger partial charge in [0.15, 0.2) is 0 Å². The molecule has 116 valence electrons. The van der Waals surface area contributed by atoms with E-state index in [-0.39, 0.29) is 12.3 Å². The van der Waals surface area contributed by atoms with Crippen LogP contribution < -0.4 is 10.1 Å². The number of nitrogens with zero attached hydrogens (tertiary/aromatic N) is 1. The second-order valence-corrected chi connectivity index (χ2v) is 5.17. The van der Waals surface area contributed by atoms with Crippen molar-refractivity contribution in [2.24, 2.45) is 0 Å². The predicted molar refractivity (Wildman–Crippen MR) is 91.1 cm³/mol. The molecule has 0 fully saturated rings. The van der Waals surface area contributed by atoms with E-state index in [1.165, 1.54) is 0 Å². The Kier molecular flexibility index (Phi) is 4.43. The van der Waals surface area contributed by atoms with Crippen LogP contribution in [0.5, 0.6) is 5.75 Å². The maximum absolute atomic E-state index is 12.2. The molecule has 0 bridgehead atoms. The number of amides is 1. The molecule has 0 aliphatic heterocycles. The first-order valence-corrected chi connectivity index (χ1v) is 7.41. The number of nitrogens with one attached hydrogen (secondary N) is 1. The fraction of sp³-hybridized carbons (Fsp3) is 0.105. The summed E-state index contributed by atoms with van der Waals surface area (Å²) in [7, 11) is 1.61. The Balaban J connectivity index is 1.66. The number of aromatic nitrogens is 1. The van der Waals surface area contributed by atoms with E-state index in [1.807, 2.05) is 77.6 Å². The Labute approximate surface area is 135 Å². The molecule has 1 amide bonds. The highest BCUT2D eigenvalue weighted by Crippen LogP contribution is 2.19. The van der Waals surface area contributed by atoms with Crippen LogP contribution in [0.2, 0.25) is 0 Å². The van der Waals surface area contributed by atoms with Crippen LogP contribution in [0.25, 0.3) is 5.69 Å². The van der Waals surface area contributed by atoms with Gasteiger partial charge in [0, 0.05) is 29.3 Å². The van der Waals surface area contributed by atoms with Gasteiger partial charge in [0.2, 0.25) is 5.91 Å². The summed E-state index contributed by atoms with van der Waals surface area (Å²) in [6.45, 7) is 0. The zero-order chi connectivity index (χ0) is 16.1. The molecule has 1 aromatic heterocycles. The van der Waals surface area contributed by atoms with Crippen molar-refractivity contribution in [3.63, 3.8) is 0 Å². The second-order valence-electron chi connectivity index (χ2n) is 5.17. The number of methoxy groups -OCH3 is 1. The number of carbonyl (C=O) groups is 1. The smallest absolute Gasteiger partial charge is 0.228 e. The van der Waals surface area contributed by atoms with Crippen LogP contribution in [0.1, 0.15) is 5.56 Å². The van der Waals surface area contributed by atoms with Gasteiger partial charge in [-0.3, -0.25) is 4.79 Å². The third kappa shape index (κ3) is 3.61. The lowest BCUT2D eigenvalue weighted by atomic mass is 10.1. The maximum atomic E-state index is 12.2. The molecule has 1 N–H and O–H groups in total. The number of benzene rings is 2. The molecule has 0 aliphatic carbocycles. The summed E-state index contributed by atoms with van der Waals surface area (Å²) in [5.74, 6) is 0.661. The molecular formula is C19H18N2O2. The van der Waals surface area contributed by atoms with Gasteiger partial charge in [-0.25, -0.2) is 0 Å². The van der Waals surface area contributed by atoms with Crippen LogP contribution >= 0.6 is 0 Å². The second kappa shape index (κ2) is 6.83. The number of para-hydroxylation sites is 1. The van der Waals surface area contributed by atoms with Crippen LogP contribution in [0, 0.1) is 0 Å². The molecule has 0 atom stereocenters. The molecule has 23 heavy (non-hydrogen) atoms. The summed E-state index contributed by atoms with van der Waals surface area (Å²) in [6, 6.07) is 19.2. The van der Waals surface area contributed by atoms with E-state index in [0.29, 0.717) is 0 Å². The Morgan fingerprint density at radius 1 is 1.00 bits per heavy atom. The van der Waals surface area contributed by atoms with Crippen LogP contribution in [0.15, 0.2) is 73.1 Å². The summed E-state index contributed by atoms with van der Waals surface area (Å²) in [5, 5.41) is 2.91. The van der Waals surface area contributed by atoms with E-state index in [9.17, 15) is 4.79 Å². The third-order valence-electron chi connectivity index (χ3n) is 3.60. The standard InChI is InChI=1S/C19H18N2O2/c1-23-18-7-3-2-6-15(18)14-19(22)20-16-8-10-17(11-9-16)21-12-4-5-13-21/h2-13H,14H2,1H3,(H,20,22). The Morgan fingerprint density at radius 2 is 1.70 bits per heavy atom. The Morgan fingerprint density at radius 3 is 2.39 bits per heavy atom. The molecule has 3 rings (SSSR count). The zero-order valence-corrected chi connectivity index (χ0v) is 12.9. The number of carbonyl (C=O) groups excluding carboxylic acids is 1. The first-order valence-electron chi connectivity index (χ1n) is 7.41. The lowest BCUT2D eigenvalue weighted by Gasteiger charge is -2.09. The van der Waals surface area contributed by atoms with Crippen LogP contribution in [0.3, 0.4) is 0 Å². The molecule has 0 unspecified atom stereocenters. The van der Waals surface area contributed by atoms with Crippen molar-refractivity contribution in [1.82, 2.24) is 4.57 Å². The molecule has 0 aliphatic rings. The summed E-state index contributed by atoms with van der Waals surface area (Å²) < 4.78 is 7.29. The monoisotopic (exact) mass is 306 g/mol. The van der Waals surface area contributed by atoms with Crippen molar-refractivity contribution in [3.8, 4) is 11.4 Å². The highest BCUT2D eigenvalue weighted by Gasteiger charge is 2.08. The SMILES string of the molecule is COc1ccccc1CC(=O)Nc1ccc(-n2cccc2)cc1. The molecule has 0 radical (unpaired) electrons. The number of hydrogen-bond donors (Lipinski definition) is 1. The fourth-order valence-corrected chi connectivity index (χ4v) is 2.45. The maximum Gasteiger partial charge on any atom is 0.228 e. The summed E-state index contributed by atoms with van der Waals surface area (Å²) in [6.07, 6.45) is 4.24. The average Bonchev–Trinajstić information content (AvgIpc) is 3.10. The molecule has 0 spiro atoms. The first-order chi connectivity index (χ1) is 11.3. The normalized spacial score (nSPS) is 10.3. The highest BCUT2D eigenvalue weighted by molar-refractivity contribution is 5.92. The molecule has 2 aromatic carbocycles. The minimum atomic E-state index is -0.0665. The van der Waals surface area contributed by atoms with Crippen LogP contribution in [-0.4, -0.2) is 17.6 Å². The van der Waals surface area contributed by atoms with Gasteiger partial charge in [-0.2, -0.15) is 0 Å². The average molecular weight is 306 g/mol. The fourth-order valence-electron chi connectivity index (χ4n) is 2.45. The molecule has 3 aromatic rings. The van der Waals surface area contributed by atoms with Gasteiger partial charge in [-0.1, -0.05) is 18.2 Å². The Hall–Kier alpha value is -3.01. The van der Waals surface area contributed by atoms with E-state index in [2.05, 4.69) is 5.32 Å². The lowest BCUT2D eigenvalue weighted by Crippen LogP contribution is -2.14. The van der Waals surface area contributed by atoms with Gasteiger partial charge in [-0.15, -0.1) is 0 Å². The zero-order valence-electron chi connectivity index (χ0n) is 12.9. The van der Waals surface area contributed by atoms with Gasteiger partial charge in [0.05, 0.1) is 13.5 Å². The minimum absolute atomic E-state index is 0.0665. The largest absolute Gasteiger partial charge is 0.496 e. The number of anilines is 1.